The zero-order valence-electron chi connectivity index (χ0n) is 10.1. The smallest absolute Gasteiger partial charge is 0.221 e. The molecule has 1 rings (SSSR count). The first-order chi connectivity index (χ1) is 8.54. The lowest BCUT2D eigenvalue weighted by atomic mass is 10.2. The predicted octanol–water partition coefficient (Wildman–Crippen LogP) is 2.31. The third kappa shape index (κ3) is 4.72. The molecule has 0 spiro atoms. The molecule has 4 nitrogen and oxygen atoms in total. The van der Waals surface area contributed by atoms with E-state index in [4.69, 9.17) is 23.2 Å². The van der Waals surface area contributed by atoms with E-state index in [9.17, 15) is 9.90 Å². The number of phenols is 1. The molecule has 1 aromatic rings. The molecule has 1 amide bonds. The zero-order chi connectivity index (χ0) is 13.5. The van der Waals surface area contributed by atoms with Gasteiger partial charge in [-0.15, -0.1) is 0 Å². The third-order valence-electron chi connectivity index (χ3n) is 2.33. The van der Waals surface area contributed by atoms with Crippen LogP contribution in [0.3, 0.4) is 0 Å². The Labute approximate surface area is 116 Å². The van der Waals surface area contributed by atoms with E-state index in [-0.39, 0.29) is 16.7 Å². The van der Waals surface area contributed by atoms with Crippen LogP contribution in [0, 0.1) is 0 Å². The van der Waals surface area contributed by atoms with Gasteiger partial charge in [0.25, 0.3) is 0 Å². The average Bonchev–Trinajstić information content (AvgIpc) is 2.31. The normalized spacial score (nSPS) is 10.4. The summed E-state index contributed by atoms with van der Waals surface area (Å²) in [6, 6.07) is 3.12. The van der Waals surface area contributed by atoms with Crippen molar-refractivity contribution in [1.82, 2.24) is 10.6 Å². The summed E-state index contributed by atoms with van der Waals surface area (Å²) in [6.07, 6.45) is 0.392. The fourth-order valence-electron chi connectivity index (χ4n) is 1.46. The molecule has 0 aliphatic rings. The quantitative estimate of drug-likeness (QED) is 0.705. The summed E-state index contributed by atoms with van der Waals surface area (Å²) in [5, 5.41) is 16.2. The van der Waals surface area contributed by atoms with Crippen molar-refractivity contribution in [2.75, 3.05) is 13.1 Å². The lowest BCUT2D eigenvalue weighted by Gasteiger charge is -2.08. The molecule has 100 valence electrons. The number of halogens is 2. The van der Waals surface area contributed by atoms with E-state index < -0.39 is 0 Å². The fraction of sp³-hybridized carbons (Fsp3) is 0.417. The second kappa shape index (κ2) is 7.46. The first-order valence-electron chi connectivity index (χ1n) is 5.69. The molecular formula is C12H16Cl2N2O2. The van der Waals surface area contributed by atoms with Crippen molar-refractivity contribution in [3.8, 4) is 5.75 Å². The molecule has 0 radical (unpaired) electrons. The molecule has 0 aliphatic carbocycles. The van der Waals surface area contributed by atoms with Crippen molar-refractivity contribution in [2.45, 2.75) is 19.9 Å². The van der Waals surface area contributed by atoms with Crippen LogP contribution in [-0.4, -0.2) is 24.1 Å². The second-order valence-electron chi connectivity index (χ2n) is 3.78. The topological polar surface area (TPSA) is 61.4 Å². The fourth-order valence-corrected chi connectivity index (χ4v) is 2.00. The number of benzene rings is 1. The summed E-state index contributed by atoms with van der Waals surface area (Å²) in [4.78, 5) is 11.2. The van der Waals surface area contributed by atoms with E-state index in [0.717, 1.165) is 0 Å². The molecule has 3 N–H and O–H groups in total. The Hall–Kier alpha value is -0.970. The molecule has 0 bridgehead atoms. The van der Waals surface area contributed by atoms with Crippen LogP contribution in [-0.2, 0) is 11.3 Å². The standard InChI is InChI=1S/C12H16Cl2N2O2/c1-2-16-11(17)3-4-15-7-8-5-9(13)6-10(14)12(8)18/h5-6,15,18H,2-4,7H2,1H3,(H,16,17). The van der Waals surface area contributed by atoms with Crippen LogP contribution in [0.2, 0.25) is 10.0 Å². The van der Waals surface area contributed by atoms with Gasteiger partial charge in [-0.1, -0.05) is 23.2 Å². The minimum absolute atomic E-state index is 0.00153. The van der Waals surface area contributed by atoms with Crippen LogP contribution in [0.4, 0.5) is 0 Å². The van der Waals surface area contributed by atoms with Crippen LogP contribution in [0.25, 0.3) is 0 Å². The highest BCUT2D eigenvalue weighted by Gasteiger charge is 2.07. The Bertz CT molecular complexity index is 425. The Morgan fingerprint density at radius 2 is 2.11 bits per heavy atom. The van der Waals surface area contributed by atoms with E-state index in [0.29, 0.717) is 36.6 Å². The minimum Gasteiger partial charge on any atom is -0.506 e. The Morgan fingerprint density at radius 3 is 2.78 bits per heavy atom. The Morgan fingerprint density at radius 1 is 1.39 bits per heavy atom. The number of carbonyl (C=O) groups excluding carboxylic acids is 1. The van der Waals surface area contributed by atoms with Gasteiger partial charge >= 0.3 is 0 Å². The molecule has 6 heteroatoms. The second-order valence-corrected chi connectivity index (χ2v) is 4.62. The Balaban J connectivity index is 2.42. The van der Waals surface area contributed by atoms with E-state index in [1.165, 1.54) is 6.07 Å². The highest BCUT2D eigenvalue weighted by atomic mass is 35.5. The summed E-state index contributed by atoms with van der Waals surface area (Å²) in [6.45, 7) is 3.43. The van der Waals surface area contributed by atoms with Crippen molar-refractivity contribution in [3.05, 3.63) is 27.7 Å². The molecule has 0 saturated carbocycles. The van der Waals surface area contributed by atoms with Crippen molar-refractivity contribution in [2.24, 2.45) is 0 Å². The number of hydrogen-bond acceptors (Lipinski definition) is 3. The first-order valence-corrected chi connectivity index (χ1v) is 6.44. The molecule has 0 unspecified atom stereocenters. The maximum Gasteiger partial charge on any atom is 0.221 e. The molecule has 0 atom stereocenters. The molecule has 0 saturated heterocycles. The monoisotopic (exact) mass is 290 g/mol. The van der Waals surface area contributed by atoms with Crippen molar-refractivity contribution < 1.29 is 9.90 Å². The molecule has 0 heterocycles. The lowest BCUT2D eigenvalue weighted by molar-refractivity contribution is -0.120. The number of nitrogens with one attached hydrogen (secondary N) is 2. The van der Waals surface area contributed by atoms with E-state index in [1.807, 2.05) is 6.92 Å². The van der Waals surface area contributed by atoms with Gasteiger partial charge in [0.2, 0.25) is 5.91 Å². The highest BCUT2D eigenvalue weighted by Crippen LogP contribution is 2.30. The number of carbonyl (C=O) groups is 1. The van der Waals surface area contributed by atoms with Gasteiger partial charge in [0.1, 0.15) is 5.75 Å². The first kappa shape index (κ1) is 15.1. The maximum atomic E-state index is 11.2. The van der Waals surface area contributed by atoms with Crippen LogP contribution in [0.1, 0.15) is 18.9 Å². The summed E-state index contributed by atoms with van der Waals surface area (Å²) in [7, 11) is 0. The van der Waals surface area contributed by atoms with Gasteiger partial charge in [-0.25, -0.2) is 0 Å². The van der Waals surface area contributed by atoms with Crippen molar-refractivity contribution in [3.63, 3.8) is 0 Å². The van der Waals surface area contributed by atoms with Crippen LogP contribution < -0.4 is 10.6 Å². The van der Waals surface area contributed by atoms with Gasteiger partial charge in [-0.05, 0) is 19.1 Å². The van der Waals surface area contributed by atoms with Gasteiger partial charge < -0.3 is 15.7 Å². The Kier molecular flexibility index (Phi) is 6.25. The van der Waals surface area contributed by atoms with Gasteiger partial charge in [-0.2, -0.15) is 0 Å². The zero-order valence-corrected chi connectivity index (χ0v) is 11.6. The van der Waals surface area contributed by atoms with E-state index >= 15 is 0 Å². The summed E-state index contributed by atoms with van der Waals surface area (Å²) >= 11 is 11.6. The number of rotatable bonds is 6. The molecule has 0 aromatic heterocycles. The molecular weight excluding hydrogens is 275 g/mol. The lowest BCUT2D eigenvalue weighted by Crippen LogP contribution is -2.27. The van der Waals surface area contributed by atoms with Gasteiger partial charge in [-0.3, -0.25) is 4.79 Å². The van der Waals surface area contributed by atoms with Crippen LogP contribution in [0.5, 0.6) is 5.75 Å². The molecule has 18 heavy (non-hydrogen) atoms. The van der Waals surface area contributed by atoms with Crippen molar-refractivity contribution >= 4 is 29.1 Å². The van der Waals surface area contributed by atoms with Crippen LogP contribution in [0.15, 0.2) is 12.1 Å². The third-order valence-corrected chi connectivity index (χ3v) is 2.83. The molecule has 1 aromatic carbocycles. The van der Waals surface area contributed by atoms with Crippen LogP contribution >= 0.6 is 23.2 Å². The number of hydrogen-bond donors (Lipinski definition) is 3. The van der Waals surface area contributed by atoms with Crippen molar-refractivity contribution in [1.29, 1.82) is 0 Å². The number of phenolic OH excluding ortho intramolecular Hbond substituents is 1. The van der Waals surface area contributed by atoms with E-state index in [2.05, 4.69) is 10.6 Å². The molecule has 0 fully saturated rings. The van der Waals surface area contributed by atoms with Gasteiger partial charge in [0.15, 0.2) is 0 Å². The van der Waals surface area contributed by atoms with Gasteiger partial charge in [0, 0.05) is 36.6 Å². The SMILES string of the molecule is CCNC(=O)CCNCc1cc(Cl)cc(Cl)c1O. The van der Waals surface area contributed by atoms with Gasteiger partial charge in [0.05, 0.1) is 5.02 Å². The average molecular weight is 291 g/mol. The maximum absolute atomic E-state index is 11.2. The number of amides is 1. The summed E-state index contributed by atoms with van der Waals surface area (Å²) in [5.74, 6) is 0.0184. The summed E-state index contributed by atoms with van der Waals surface area (Å²) < 4.78 is 0. The highest BCUT2D eigenvalue weighted by molar-refractivity contribution is 6.35. The number of aromatic hydroxyl groups is 1. The predicted molar refractivity (Wildman–Crippen MR) is 73.1 cm³/mol. The largest absolute Gasteiger partial charge is 0.506 e. The molecule has 0 aliphatic heterocycles. The summed E-state index contributed by atoms with van der Waals surface area (Å²) in [5.41, 5.74) is 0.614. The van der Waals surface area contributed by atoms with E-state index in [1.54, 1.807) is 6.07 Å². The minimum atomic E-state index is -0.00153.